The number of hydrazone groups is 1. The zero-order valence-corrected chi connectivity index (χ0v) is 5.14. The molecule has 56 valence electrons. The van der Waals surface area contributed by atoms with Gasteiger partial charge in [0.15, 0.2) is 5.84 Å². The van der Waals surface area contributed by atoms with Gasteiger partial charge in [0.2, 0.25) is 0 Å². The third-order valence-electron chi connectivity index (χ3n) is 0.884. The largest absolute Gasteiger partial charge is 0.352 e. The zero-order valence-electron chi connectivity index (χ0n) is 5.14. The number of nitrogens with one attached hydrogen (secondary N) is 4. The molecule has 1 rings (SSSR count). The van der Waals surface area contributed by atoms with Crippen molar-refractivity contribution in [3.05, 3.63) is 0 Å². The number of carbonyl (C=O) groups is 1. The van der Waals surface area contributed by atoms with E-state index in [1.807, 2.05) is 0 Å². The molecule has 0 atom stereocenters. The van der Waals surface area contributed by atoms with E-state index in [1.165, 1.54) is 0 Å². The predicted molar refractivity (Wildman–Crippen MR) is 34.4 cm³/mol. The van der Waals surface area contributed by atoms with Crippen LogP contribution in [0.2, 0.25) is 0 Å². The second-order valence-electron chi connectivity index (χ2n) is 1.64. The second kappa shape index (κ2) is 2.87. The fraction of sp³-hybridized carbons (Fsp3) is 0.333. The highest BCUT2D eigenvalue weighted by Crippen LogP contribution is 1.71. The second-order valence-corrected chi connectivity index (χ2v) is 1.64. The number of primary amides is 1. The van der Waals surface area contributed by atoms with E-state index in [0.29, 0.717) is 5.84 Å². The molecular formula is C3H8N6O. The smallest absolute Gasteiger partial charge is 0.312 e. The van der Waals surface area contributed by atoms with Gasteiger partial charge in [0, 0.05) is 0 Å². The first-order valence-electron chi connectivity index (χ1n) is 2.65. The summed E-state index contributed by atoms with van der Waals surface area (Å²) >= 11 is 0. The standard InChI is InChI=1S/C3H8N6O/c4-3(10)5-1-2-6-8-9-7-2/h8-9H,1H2,(H,6,7)(H3,4,5,10). The molecule has 2 amide bonds. The number of hydrogen-bond donors (Lipinski definition) is 5. The van der Waals surface area contributed by atoms with E-state index in [0.717, 1.165) is 0 Å². The molecule has 1 heterocycles. The molecule has 0 unspecified atom stereocenters. The Labute approximate surface area is 57.0 Å². The van der Waals surface area contributed by atoms with Crippen molar-refractivity contribution in [1.82, 2.24) is 21.8 Å². The van der Waals surface area contributed by atoms with Crippen molar-refractivity contribution in [2.45, 2.75) is 0 Å². The summed E-state index contributed by atoms with van der Waals surface area (Å²) < 4.78 is 0. The van der Waals surface area contributed by atoms with Crippen molar-refractivity contribution in [3.8, 4) is 0 Å². The van der Waals surface area contributed by atoms with Crippen LogP contribution in [0.3, 0.4) is 0 Å². The molecule has 7 heteroatoms. The minimum absolute atomic E-state index is 0.287. The van der Waals surface area contributed by atoms with Crippen LogP contribution in [0.5, 0.6) is 0 Å². The lowest BCUT2D eigenvalue weighted by Gasteiger charge is -1.99. The lowest BCUT2D eigenvalue weighted by Crippen LogP contribution is -2.41. The van der Waals surface area contributed by atoms with Crippen molar-refractivity contribution < 1.29 is 4.79 Å². The van der Waals surface area contributed by atoms with Crippen LogP contribution in [0, 0.1) is 0 Å². The number of amides is 2. The molecule has 1 aliphatic rings. The molecule has 0 bridgehead atoms. The number of amidine groups is 1. The molecule has 0 aromatic carbocycles. The number of rotatable bonds is 2. The summed E-state index contributed by atoms with van der Waals surface area (Å²) in [5, 5.41) is 6.03. The molecule has 0 radical (unpaired) electrons. The van der Waals surface area contributed by atoms with E-state index in [4.69, 9.17) is 5.73 Å². The topological polar surface area (TPSA) is 104 Å². The highest BCUT2D eigenvalue weighted by atomic mass is 16.2. The maximum Gasteiger partial charge on any atom is 0.312 e. The maximum absolute atomic E-state index is 10.1. The number of hydrazine groups is 2. The van der Waals surface area contributed by atoms with E-state index in [9.17, 15) is 4.79 Å². The molecule has 1 aliphatic heterocycles. The van der Waals surface area contributed by atoms with Gasteiger partial charge in [0.05, 0.1) is 6.54 Å². The van der Waals surface area contributed by atoms with Crippen LogP contribution in [0.25, 0.3) is 0 Å². The Morgan fingerprint density at radius 3 is 3.10 bits per heavy atom. The van der Waals surface area contributed by atoms with Gasteiger partial charge in [-0.2, -0.15) is 0 Å². The van der Waals surface area contributed by atoms with Gasteiger partial charge in [-0.05, 0) is 0 Å². The number of carbonyl (C=O) groups excluding carboxylic acids is 1. The number of hydrogen-bond acceptors (Lipinski definition) is 5. The Morgan fingerprint density at radius 2 is 2.60 bits per heavy atom. The molecule has 0 aliphatic carbocycles. The van der Waals surface area contributed by atoms with E-state index < -0.39 is 6.03 Å². The summed E-state index contributed by atoms with van der Waals surface area (Å²) in [4.78, 5) is 10.1. The fourth-order valence-corrected chi connectivity index (χ4v) is 0.478. The van der Waals surface area contributed by atoms with Crippen molar-refractivity contribution >= 4 is 11.9 Å². The zero-order chi connectivity index (χ0) is 7.40. The highest BCUT2D eigenvalue weighted by Gasteiger charge is 2.03. The van der Waals surface area contributed by atoms with Gasteiger partial charge in [-0.1, -0.05) is 0 Å². The summed E-state index contributed by atoms with van der Waals surface area (Å²) in [6, 6.07) is -0.573. The Morgan fingerprint density at radius 1 is 1.80 bits per heavy atom. The fourth-order valence-electron chi connectivity index (χ4n) is 0.478. The Kier molecular flexibility index (Phi) is 1.90. The summed E-state index contributed by atoms with van der Waals surface area (Å²) in [5.74, 6) is 0.582. The van der Waals surface area contributed by atoms with Crippen LogP contribution in [0.15, 0.2) is 5.10 Å². The first kappa shape index (κ1) is 6.62. The molecule has 0 aromatic heterocycles. The van der Waals surface area contributed by atoms with Crippen LogP contribution in [0.4, 0.5) is 4.79 Å². The van der Waals surface area contributed by atoms with Crippen LogP contribution < -0.4 is 27.5 Å². The highest BCUT2D eigenvalue weighted by molar-refractivity contribution is 5.87. The van der Waals surface area contributed by atoms with E-state index in [1.54, 1.807) is 0 Å². The normalized spacial score (nSPS) is 15.0. The molecule has 0 spiro atoms. The number of nitrogens with two attached hydrogens (primary N) is 1. The lowest BCUT2D eigenvalue weighted by molar-refractivity contribution is 0.250. The summed E-state index contributed by atoms with van der Waals surface area (Å²) in [6.45, 7) is 0.287. The maximum atomic E-state index is 10.1. The molecule has 0 aromatic rings. The van der Waals surface area contributed by atoms with Crippen LogP contribution in [-0.2, 0) is 0 Å². The SMILES string of the molecule is NC(=O)NCC1=NNNN1. The van der Waals surface area contributed by atoms with E-state index in [-0.39, 0.29) is 6.54 Å². The molecule has 7 nitrogen and oxygen atoms in total. The molecule has 10 heavy (non-hydrogen) atoms. The lowest BCUT2D eigenvalue weighted by atomic mass is 10.6. The summed E-state index contributed by atoms with van der Waals surface area (Å²) in [5.41, 5.74) is 12.4. The Hall–Kier alpha value is -1.50. The number of nitrogens with zero attached hydrogens (tertiary/aromatic N) is 1. The third-order valence-corrected chi connectivity index (χ3v) is 0.884. The van der Waals surface area contributed by atoms with Gasteiger partial charge in [-0.25, -0.2) is 10.3 Å². The van der Waals surface area contributed by atoms with Gasteiger partial charge in [0.1, 0.15) is 0 Å². The van der Waals surface area contributed by atoms with Gasteiger partial charge in [-0.3, -0.25) is 5.43 Å². The predicted octanol–water partition coefficient (Wildman–Crippen LogP) is -2.42. The molecule has 0 saturated carbocycles. The van der Waals surface area contributed by atoms with Crippen LogP contribution >= 0.6 is 0 Å². The minimum atomic E-state index is -0.573. The minimum Gasteiger partial charge on any atom is -0.352 e. The van der Waals surface area contributed by atoms with Crippen molar-refractivity contribution in [3.63, 3.8) is 0 Å². The monoisotopic (exact) mass is 144 g/mol. The first-order chi connectivity index (χ1) is 4.79. The molecule has 0 fully saturated rings. The summed E-state index contributed by atoms with van der Waals surface area (Å²) in [6.07, 6.45) is 0. The van der Waals surface area contributed by atoms with Gasteiger partial charge < -0.3 is 11.1 Å². The quantitative estimate of drug-likeness (QED) is 0.297. The van der Waals surface area contributed by atoms with Gasteiger partial charge in [-0.15, -0.1) is 10.6 Å². The molecular weight excluding hydrogens is 136 g/mol. The third kappa shape index (κ3) is 1.78. The average molecular weight is 144 g/mol. The van der Waals surface area contributed by atoms with Crippen molar-refractivity contribution in [1.29, 1.82) is 0 Å². The Bertz CT molecular complexity index is 164. The first-order valence-corrected chi connectivity index (χ1v) is 2.65. The van der Waals surface area contributed by atoms with E-state index in [2.05, 4.69) is 26.9 Å². The molecule has 0 saturated heterocycles. The van der Waals surface area contributed by atoms with Crippen LogP contribution in [-0.4, -0.2) is 18.4 Å². The number of urea groups is 1. The average Bonchev–Trinajstić information content (AvgIpc) is 2.34. The van der Waals surface area contributed by atoms with E-state index >= 15 is 0 Å². The molecule has 6 N–H and O–H groups in total. The summed E-state index contributed by atoms with van der Waals surface area (Å²) in [7, 11) is 0. The van der Waals surface area contributed by atoms with Gasteiger partial charge in [0.25, 0.3) is 0 Å². The van der Waals surface area contributed by atoms with Crippen molar-refractivity contribution in [2.75, 3.05) is 6.54 Å². The van der Waals surface area contributed by atoms with Crippen LogP contribution in [0.1, 0.15) is 0 Å². The van der Waals surface area contributed by atoms with Crippen molar-refractivity contribution in [2.24, 2.45) is 10.8 Å². The van der Waals surface area contributed by atoms with Gasteiger partial charge >= 0.3 is 6.03 Å². The Balaban J connectivity index is 2.19.